The van der Waals surface area contributed by atoms with Crippen molar-refractivity contribution in [2.45, 2.75) is 61.3 Å². The molecule has 0 bridgehead atoms. The first kappa shape index (κ1) is 44.8. The predicted molar refractivity (Wildman–Crippen MR) is 277 cm³/mol. The van der Waals surface area contributed by atoms with Gasteiger partial charge in [0.2, 0.25) is 34.2 Å². The minimum Gasteiger partial charge on any atom is -0.437 e. The average Bonchev–Trinajstić information content (AvgIpc) is 4.03. The molecule has 0 fully saturated rings. The molecular weight excluding hydrogens is 853 g/mol. The lowest BCUT2D eigenvalue weighted by Crippen LogP contribution is -2.31. The third-order valence-electron chi connectivity index (χ3n) is 13.5. The van der Waals surface area contributed by atoms with Gasteiger partial charge in [-0.3, -0.25) is 0 Å². The van der Waals surface area contributed by atoms with Crippen LogP contribution in [0.4, 0.5) is 0 Å². The molecule has 0 atom stereocenters. The Morgan fingerprint density at radius 2 is 0.841 bits per heavy atom. The van der Waals surface area contributed by atoms with Crippen LogP contribution in [0.15, 0.2) is 154 Å². The first-order valence-corrected chi connectivity index (χ1v) is 23.5. The molecule has 0 N–H and O–H groups in total. The van der Waals surface area contributed by atoms with Gasteiger partial charge < -0.3 is 13.3 Å². The number of hydrogen-bond acceptors (Lipinski definition) is 6. The molecule has 0 saturated heterocycles. The van der Waals surface area contributed by atoms with E-state index in [1.807, 2.05) is 18.2 Å². The molecule has 12 aromatic rings. The minimum atomic E-state index is 0.488. The highest BCUT2D eigenvalue weighted by molar-refractivity contribution is 6.10. The summed E-state index contributed by atoms with van der Waals surface area (Å²) < 4.78 is 24.8. The van der Waals surface area contributed by atoms with Gasteiger partial charge in [-0.1, -0.05) is 50.2 Å². The fourth-order valence-corrected chi connectivity index (χ4v) is 9.60. The molecule has 342 valence electrons. The minimum absolute atomic E-state index is 0.488. The highest BCUT2D eigenvalue weighted by Gasteiger charge is 2.24. The summed E-state index contributed by atoms with van der Waals surface area (Å²) in [5.41, 5.74) is 20.5. The largest absolute Gasteiger partial charge is 0.437 e. The standard InChI is InChI=1S/C21H21N2O.C20H19N2O.C19H17N2O/c1-13(2)15-9-11-23(4)18(12-15)19-14(3)7-8-16-17-6-5-10-22-21(17)24-20(16)19;1-12-7-8-15-16-6-5-9-21-20(16)23-19(15)18(12)17-10-13(2)14(3)11-22(17)4;1-12-6-9-16(21(3)11-12)17-13(2)7-8-14-15-5-4-10-20-19(15)22-18(14)17/h5-13H,1-4H3;5-11H,1-4H3;4-11H,1-3H3/q3*+1. The van der Waals surface area contributed by atoms with Gasteiger partial charge in [0.1, 0.15) is 21.1 Å². The average molecular weight is 910 g/mol. The molecular formula is C60H57N6O3+3. The number of fused-ring (bicyclic) bond motifs is 9. The molecule has 9 nitrogen and oxygen atoms in total. The maximum Gasteiger partial charge on any atom is 0.227 e. The molecule has 0 aliphatic rings. The van der Waals surface area contributed by atoms with E-state index in [-0.39, 0.29) is 0 Å². The van der Waals surface area contributed by atoms with Gasteiger partial charge in [-0.05, 0) is 118 Å². The highest BCUT2D eigenvalue weighted by atomic mass is 16.3. The third-order valence-corrected chi connectivity index (χ3v) is 13.5. The van der Waals surface area contributed by atoms with E-state index in [0.717, 1.165) is 77.1 Å². The summed E-state index contributed by atoms with van der Waals surface area (Å²) >= 11 is 0. The second-order valence-electron chi connectivity index (χ2n) is 18.7. The van der Waals surface area contributed by atoms with Crippen molar-refractivity contribution in [3.8, 4) is 33.8 Å². The monoisotopic (exact) mass is 909 g/mol. The van der Waals surface area contributed by atoms with Gasteiger partial charge in [0.15, 0.2) is 35.3 Å². The van der Waals surface area contributed by atoms with Gasteiger partial charge in [-0.2, -0.15) is 0 Å². The van der Waals surface area contributed by atoms with E-state index < -0.39 is 0 Å². The zero-order valence-corrected chi connectivity index (χ0v) is 41.3. The second kappa shape index (κ2) is 17.9. The Morgan fingerprint density at radius 3 is 1.29 bits per heavy atom. The fourth-order valence-electron chi connectivity index (χ4n) is 9.60. The number of aromatic nitrogens is 6. The summed E-state index contributed by atoms with van der Waals surface area (Å²) in [6, 6.07) is 35.9. The van der Waals surface area contributed by atoms with Crippen molar-refractivity contribution in [1.29, 1.82) is 0 Å². The predicted octanol–water partition coefficient (Wildman–Crippen LogP) is 13.4. The summed E-state index contributed by atoms with van der Waals surface area (Å²) in [6.45, 7) is 17.2. The van der Waals surface area contributed by atoms with E-state index in [0.29, 0.717) is 23.1 Å². The van der Waals surface area contributed by atoms with Crippen molar-refractivity contribution in [2.24, 2.45) is 21.1 Å². The number of furan rings is 3. The number of pyridine rings is 6. The van der Waals surface area contributed by atoms with Gasteiger partial charge in [-0.15, -0.1) is 0 Å². The molecule has 3 aromatic carbocycles. The lowest BCUT2D eigenvalue weighted by molar-refractivity contribution is -0.660. The molecule has 0 aliphatic carbocycles. The van der Waals surface area contributed by atoms with Crippen LogP contribution in [0.25, 0.3) is 100.0 Å². The zero-order valence-electron chi connectivity index (χ0n) is 41.3. The van der Waals surface area contributed by atoms with E-state index in [1.54, 1.807) is 18.6 Å². The van der Waals surface area contributed by atoms with Crippen LogP contribution in [-0.4, -0.2) is 15.0 Å². The second-order valence-corrected chi connectivity index (χ2v) is 18.7. The van der Waals surface area contributed by atoms with Gasteiger partial charge in [0, 0.05) is 86.3 Å². The summed E-state index contributed by atoms with van der Waals surface area (Å²) in [6.07, 6.45) is 11.7. The van der Waals surface area contributed by atoms with E-state index in [4.69, 9.17) is 13.3 Å². The van der Waals surface area contributed by atoms with Crippen molar-refractivity contribution >= 4 is 66.2 Å². The van der Waals surface area contributed by atoms with Crippen LogP contribution in [-0.2, 0) is 21.1 Å². The van der Waals surface area contributed by atoms with Crippen molar-refractivity contribution in [3.63, 3.8) is 0 Å². The normalized spacial score (nSPS) is 11.5. The van der Waals surface area contributed by atoms with Crippen LogP contribution >= 0.6 is 0 Å². The Hall–Kier alpha value is -8.04. The van der Waals surface area contributed by atoms with Crippen molar-refractivity contribution in [2.75, 3.05) is 0 Å². The molecule has 0 amide bonds. The number of nitrogens with zero attached hydrogens (tertiary/aromatic N) is 6. The van der Waals surface area contributed by atoms with Crippen LogP contribution < -0.4 is 13.7 Å². The van der Waals surface area contributed by atoms with Crippen LogP contribution in [0.5, 0.6) is 0 Å². The Balaban J connectivity index is 0.000000120. The Kier molecular flexibility index (Phi) is 11.6. The van der Waals surface area contributed by atoms with Crippen molar-refractivity contribution < 1.29 is 27.0 Å². The molecule has 9 aromatic heterocycles. The summed E-state index contributed by atoms with van der Waals surface area (Å²) in [5, 5.41) is 6.55. The first-order chi connectivity index (χ1) is 33.3. The molecule has 0 saturated carbocycles. The smallest absolute Gasteiger partial charge is 0.227 e. The topological polar surface area (TPSA) is 89.7 Å². The molecule has 0 spiro atoms. The van der Waals surface area contributed by atoms with Crippen molar-refractivity contribution in [3.05, 3.63) is 179 Å². The number of benzene rings is 3. The lowest BCUT2D eigenvalue weighted by atomic mass is 9.97. The number of aryl methyl sites for hydroxylation is 9. The summed E-state index contributed by atoms with van der Waals surface area (Å²) in [5.74, 6) is 0.488. The zero-order chi connectivity index (χ0) is 48.2. The number of rotatable bonds is 4. The first-order valence-electron chi connectivity index (χ1n) is 23.5. The SMILES string of the molecule is Cc1cc(-c2c(C)ccc3c2oc2ncccc23)[n+](C)cc1C.Cc1ccc(-c2c(C)ccc3c2oc2ncccc23)[n+](C)c1.Cc1ccc2c(oc3ncccc32)c1-c1cc(C(C)C)cc[n+]1C. The molecule has 0 unspecified atom stereocenters. The third kappa shape index (κ3) is 8.07. The molecule has 0 aliphatic heterocycles. The quantitative estimate of drug-likeness (QED) is 0.163. The lowest BCUT2D eigenvalue weighted by Gasteiger charge is -2.09. The summed E-state index contributed by atoms with van der Waals surface area (Å²) in [7, 11) is 6.24. The van der Waals surface area contributed by atoms with Crippen LogP contribution in [0.2, 0.25) is 0 Å². The maximum absolute atomic E-state index is 6.15. The molecule has 9 heterocycles. The van der Waals surface area contributed by atoms with E-state index in [9.17, 15) is 0 Å². The van der Waals surface area contributed by atoms with Gasteiger partial charge in [0.05, 0.1) is 16.7 Å². The Morgan fingerprint density at radius 1 is 0.406 bits per heavy atom. The van der Waals surface area contributed by atoms with Crippen LogP contribution in [0.3, 0.4) is 0 Å². The van der Waals surface area contributed by atoms with E-state index in [2.05, 4.69) is 209 Å². The summed E-state index contributed by atoms with van der Waals surface area (Å²) in [4.78, 5) is 13.1. The molecule has 12 rings (SSSR count). The Bertz CT molecular complexity index is 3950. The van der Waals surface area contributed by atoms with Gasteiger partial charge in [-0.25, -0.2) is 28.7 Å². The fraction of sp³-hybridized carbons (Fsp3) is 0.200. The van der Waals surface area contributed by atoms with Crippen LogP contribution in [0, 0.1) is 41.5 Å². The van der Waals surface area contributed by atoms with Crippen molar-refractivity contribution in [1.82, 2.24) is 15.0 Å². The van der Waals surface area contributed by atoms with Crippen LogP contribution in [0.1, 0.15) is 58.7 Å². The number of hydrogen-bond donors (Lipinski definition) is 0. The molecule has 9 heteroatoms. The van der Waals surface area contributed by atoms with E-state index >= 15 is 0 Å². The van der Waals surface area contributed by atoms with Gasteiger partial charge >= 0.3 is 0 Å². The maximum atomic E-state index is 6.15. The molecule has 69 heavy (non-hydrogen) atoms. The van der Waals surface area contributed by atoms with E-state index in [1.165, 1.54) is 44.6 Å². The highest BCUT2D eigenvalue weighted by Crippen LogP contribution is 2.39. The molecule has 0 radical (unpaired) electrons. The Labute approximate surface area is 402 Å². The van der Waals surface area contributed by atoms with Gasteiger partial charge in [0.25, 0.3) is 0 Å².